The third-order valence-electron chi connectivity index (χ3n) is 3.76. The molecule has 1 fully saturated rings. The van der Waals surface area contributed by atoms with Gasteiger partial charge in [0.15, 0.2) is 5.72 Å². The Hall–Kier alpha value is -1.35. The molecule has 2 aliphatic heterocycles. The zero-order chi connectivity index (χ0) is 11.7. The van der Waals surface area contributed by atoms with Gasteiger partial charge in [-0.1, -0.05) is 36.8 Å². The molecule has 90 valence electrons. The highest BCUT2D eigenvalue weighted by atomic mass is 16.3. The lowest BCUT2D eigenvalue weighted by Crippen LogP contribution is -2.46. The first-order valence-electron chi connectivity index (χ1n) is 6.39. The first-order chi connectivity index (χ1) is 8.31. The van der Waals surface area contributed by atoms with Gasteiger partial charge in [0.1, 0.15) is 5.84 Å². The summed E-state index contributed by atoms with van der Waals surface area (Å²) < 4.78 is 0. The number of aliphatic hydroxyl groups is 1. The van der Waals surface area contributed by atoms with E-state index in [0.717, 1.165) is 30.8 Å². The molecule has 3 rings (SSSR count). The average Bonchev–Trinajstić information content (AvgIpc) is 2.57. The summed E-state index contributed by atoms with van der Waals surface area (Å²) in [6, 6.07) is 9.91. The van der Waals surface area contributed by atoms with E-state index in [1.807, 2.05) is 30.3 Å². The van der Waals surface area contributed by atoms with Crippen molar-refractivity contribution in [3.63, 3.8) is 0 Å². The van der Waals surface area contributed by atoms with Crippen molar-refractivity contribution in [1.29, 1.82) is 0 Å². The second-order valence-electron chi connectivity index (χ2n) is 4.88. The van der Waals surface area contributed by atoms with Crippen molar-refractivity contribution in [2.45, 2.75) is 31.4 Å². The Morgan fingerprint density at radius 3 is 2.76 bits per heavy atom. The van der Waals surface area contributed by atoms with Gasteiger partial charge in [-0.15, -0.1) is 0 Å². The summed E-state index contributed by atoms with van der Waals surface area (Å²) in [4.78, 5) is 6.65. The Kier molecular flexibility index (Phi) is 2.63. The molecule has 0 saturated carbocycles. The van der Waals surface area contributed by atoms with E-state index in [9.17, 15) is 5.11 Å². The molecule has 1 unspecified atom stereocenters. The van der Waals surface area contributed by atoms with E-state index in [-0.39, 0.29) is 0 Å². The Labute approximate surface area is 102 Å². The summed E-state index contributed by atoms with van der Waals surface area (Å²) in [5.74, 6) is 1.09. The molecule has 2 aliphatic rings. The molecule has 3 nitrogen and oxygen atoms in total. The first-order valence-corrected chi connectivity index (χ1v) is 6.39. The average molecular weight is 230 g/mol. The molecule has 17 heavy (non-hydrogen) atoms. The van der Waals surface area contributed by atoms with E-state index in [0.29, 0.717) is 6.54 Å². The molecular weight excluding hydrogens is 212 g/mol. The van der Waals surface area contributed by atoms with Gasteiger partial charge in [-0.3, -0.25) is 4.99 Å². The van der Waals surface area contributed by atoms with Crippen LogP contribution >= 0.6 is 0 Å². The van der Waals surface area contributed by atoms with Gasteiger partial charge >= 0.3 is 0 Å². The fourth-order valence-electron chi connectivity index (χ4n) is 2.80. The molecule has 1 atom stereocenters. The summed E-state index contributed by atoms with van der Waals surface area (Å²) in [5.41, 5.74) is 0.0571. The van der Waals surface area contributed by atoms with Crippen LogP contribution in [0.5, 0.6) is 0 Å². The van der Waals surface area contributed by atoms with Crippen molar-refractivity contribution in [1.82, 2.24) is 4.90 Å². The van der Waals surface area contributed by atoms with E-state index in [1.54, 1.807) is 0 Å². The maximum Gasteiger partial charge on any atom is 0.185 e. The van der Waals surface area contributed by atoms with Crippen molar-refractivity contribution >= 4 is 5.84 Å². The molecule has 0 aromatic heterocycles. The monoisotopic (exact) mass is 230 g/mol. The summed E-state index contributed by atoms with van der Waals surface area (Å²) in [7, 11) is 0. The van der Waals surface area contributed by atoms with Gasteiger partial charge in [0.25, 0.3) is 0 Å². The zero-order valence-electron chi connectivity index (χ0n) is 9.97. The zero-order valence-corrected chi connectivity index (χ0v) is 9.97. The van der Waals surface area contributed by atoms with Crippen LogP contribution in [0.15, 0.2) is 35.3 Å². The highest BCUT2D eigenvalue weighted by Crippen LogP contribution is 2.34. The predicted octanol–water partition coefficient (Wildman–Crippen LogP) is 2.12. The molecule has 0 aliphatic carbocycles. The van der Waals surface area contributed by atoms with E-state index in [1.165, 1.54) is 12.8 Å². The number of hydrogen-bond acceptors (Lipinski definition) is 3. The fourth-order valence-corrected chi connectivity index (χ4v) is 2.80. The van der Waals surface area contributed by atoms with E-state index in [2.05, 4.69) is 9.89 Å². The fraction of sp³-hybridized carbons (Fsp3) is 0.500. The standard InChI is InChI=1S/C14H18N2O/c17-14(12-7-3-1-4-8-12)11-15-13-9-5-2-6-10-16(13)14/h1,3-4,7-8,17H,2,5-6,9-11H2. The summed E-state index contributed by atoms with van der Waals surface area (Å²) >= 11 is 0. The van der Waals surface area contributed by atoms with Gasteiger partial charge in [-0.2, -0.15) is 0 Å². The first kappa shape index (κ1) is 10.8. The maximum atomic E-state index is 10.9. The third kappa shape index (κ3) is 1.75. The van der Waals surface area contributed by atoms with Crippen LogP contribution in [0.4, 0.5) is 0 Å². The Bertz CT molecular complexity index is 429. The summed E-state index contributed by atoms with van der Waals surface area (Å²) in [6.07, 6.45) is 4.59. The Morgan fingerprint density at radius 2 is 1.94 bits per heavy atom. The highest BCUT2D eigenvalue weighted by Gasteiger charge is 2.42. The highest BCUT2D eigenvalue weighted by molar-refractivity contribution is 5.85. The van der Waals surface area contributed by atoms with Gasteiger partial charge in [-0.25, -0.2) is 0 Å². The van der Waals surface area contributed by atoms with E-state index >= 15 is 0 Å². The minimum Gasteiger partial charge on any atom is -0.365 e. The number of hydrogen-bond donors (Lipinski definition) is 1. The number of nitrogens with zero attached hydrogens (tertiary/aromatic N) is 2. The van der Waals surface area contributed by atoms with Gasteiger partial charge in [0, 0.05) is 18.5 Å². The second-order valence-corrected chi connectivity index (χ2v) is 4.88. The second kappa shape index (κ2) is 4.15. The lowest BCUT2D eigenvalue weighted by molar-refractivity contribution is -0.0556. The topological polar surface area (TPSA) is 35.8 Å². The van der Waals surface area contributed by atoms with Crippen LogP contribution in [0.25, 0.3) is 0 Å². The molecule has 1 saturated heterocycles. The van der Waals surface area contributed by atoms with Crippen LogP contribution in [0.2, 0.25) is 0 Å². The third-order valence-corrected chi connectivity index (χ3v) is 3.76. The molecule has 2 heterocycles. The SMILES string of the molecule is OC1(c2ccccc2)CN=C2CCCCCN21. The van der Waals surface area contributed by atoms with E-state index < -0.39 is 5.72 Å². The molecule has 0 amide bonds. The van der Waals surface area contributed by atoms with E-state index in [4.69, 9.17) is 0 Å². The van der Waals surface area contributed by atoms with Crippen molar-refractivity contribution in [3.05, 3.63) is 35.9 Å². The molecule has 0 radical (unpaired) electrons. The van der Waals surface area contributed by atoms with Crippen molar-refractivity contribution in [2.75, 3.05) is 13.1 Å². The number of rotatable bonds is 1. The molecule has 1 aromatic rings. The quantitative estimate of drug-likeness (QED) is 0.802. The maximum absolute atomic E-state index is 10.9. The Balaban J connectivity index is 1.94. The molecule has 3 heteroatoms. The van der Waals surface area contributed by atoms with Crippen LogP contribution in [-0.2, 0) is 5.72 Å². The molecule has 0 spiro atoms. The van der Waals surface area contributed by atoms with Crippen molar-refractivity contribution in [3.8, 4) is 0 Å². The number of amidine groups is 1. The number of fused-ring (bicyclic) bond motifs is 1. The van der Waals surface area contributed by atoms with Crippen LogP contribution in [0, 0.1) is 0 Å². The normalized spacial score (nSPS) is 28.5. The Morgan fingerprint density at radius 1 is 1.12 bits per heavy atom. The predicted molar refractivity (Wildman–Crippen MR) is 67.8 cm³/mol. The van der Waals surface area contributed by atoms with Gasteiger partial charge in [0.05, 0.1) is 6.54 Å². The molecular formula is C14H18N2O. The smallest absolute Gasteiger partial charge is 0.185 e. The number of aliphatic imine (C=N–C) groups is 1. The molecule has 1 aromatic carbocycles. The van der Waals surface area contributed by atoms with Crippen molar-refractivity contribution in [2.24, 2.45) is 4.99 Å². The van der Waals surface area contributed by atoms with Gasteiger partial charge in [-0.05, 0) is 12.8 Å². The van der Waals surface area contributed by atoms with Gasteiger partial charge < -0.3 is 10.0 Å². The van der Waals surface area contributed by atoms with Crippen LogP contribution < -0.4 is 0 Å². The number of benzene rings is 1. The molecule has 0 bridgehead atoms. The minimum absolute atomic E-state index is 0.479. The van der Waals surface area contributed by atoms with Crippen LogP contribution in [0.1, 0.15) is 31.2 Å². The minimum atomic E-state index is -0.902. The molecule has 1 N–H and O–H groups in total. The summed E-state index contributed by atoms with van der Waals surface area (Å²) in [5, 5.41) is 10.9. The lowest BCUT2D eigenvalue weighted by atomic mass is 10.0. The largest absolute Gasteiger partial charge is 0.365 e. The summed E-state index contributed by atoms with van der Waals surface area (Å²) in [6.45, 7) is 1.40. The van der Waals surface area contributed by atoms with Crippen LogP contribution in [-0.4, -0.2) is 28.9 Å². The van der Waals surface area contributed by atoms with Gasteiger partial charge in [0.2, 0.25) is 0 Å². The van der Waals surface area contributed by atoms with Crippen molar-refractivity contribution < 1.29 is 5.11 Å². The van der Waals surface area contributed by atoms with Crippen LogP contribution in [0.3, 0.4) is 0 Å². The lowest BCUT2D eigenvalue weighted by Gasteiger charge is -2.35.